The summed E-state index contributed by atoms with van der Waals surface area (Å²) in [5, 5.41) is 12.8. The zero-order chi connectivity index (χ0) is 11.1. The lowest BCUT2D eigenvalue weighted by Crippen LogP contribution is -2.46. The fourth-order valence-electron chi connectivity index (χ4n) is 2.36. The van der Waals surface area contributed by atoms with Crippen molar-refractivity contribution >= 4 is 9.84 Å². The fraction of sp³-hybridized carbons (Fsp3) is 1.00. The highest BCUT2D eigenvalue weighted by molar-refractivity contribution is 7.91. The summed E-state index contributed by atoms with van der Waals surface area (Å²) in [6.07, 6.45) is 2.95. The van der Waals surface area contributed by atoms with Crippen LogP contribution in [0.4, 0.5) is 0 Å². The highest BCUT2D eigenvalue weighted by Gasteiger charge is 2.38. The largest absolute Gasteiger partial charge is 0.390 e. The summed E-state index contributed by atoms with van der Waals surface area (Å²) in [6, 6.07) is -0.257. The van der Waals surface area contributed by atoms with Crippen LogP contribution in [0.3, 0.4) is 0 Å². The Morgan fingerprint density at radius 3 is 2.47 bits per heavy atom. The maximum absolute atomic E-state index is 11.3. The summed E-state index contributed by atoms with van der Waals surface area (Å²) >= 11 is 0. The zero-order valence-electron chi connectivity index (χ0n) is 9.07. The monoisotopic (exact) mass is 233 g/mol. The van der Waals surface area contributed by atoms with Crippen molar-refractivity contribution in [3.8, 4) is 0 Å². The molecule has 1 heterocycles. The van der Waals surface area contributed by atoms with Gasteiger partial charge in [-0.1, -0.05) is 13.3 Å². The topological polar surface area (TPSA) is 66.4 Å². The van der Waals surface area contributed by atoms with Crippen LogP contribution in [-0.4, -0.2) is 43.7 Å². The van der Waals surface area contributed by atoms with Gasteiger partial charge in [0.15, 0.2) is 9.84 Å². The van der Waals surface area contributed by atoms with Gasteiger partial charge in [0.05, 0.1) is 17.6 Å². The molecule has 1 aliphatic carbocycles. The Labute approximate surface area is 91.0 Å². The number of aliphatic hydroxyl groups is 1. The lowest BCUT2D eigenvalue weighted by atomic mass is 9.70. The maximum Gasteiger partial charge on any atom is 0.154 e. The van der Waals surface area contributed by atoms with Gasteiger partial charge < -0.3 is 10.4 Å². The summed E-state index contributed by atoms with van der Waals surface area (Å²) in [5.41, 5.74) is 0.325. The number of aliphatic hydroxyl groups excluding tert-OH is 1. The fourth-order valence-corrected chi connectivity index (χ4v) is 4.13. The van der Waals surface area contributed by atoms with Crippen LogP contribution in [0.5, 0.6) is 0 Å². The number of sulfone groups is 1. The Morgan fingerprint density at radius 2 is 2.07 bits per heavy atom. The summed E-state index contributed by atoms with van der Waals surface area (Å²) in [7, 11) is -3.01. The van der Waals surface area contributed by atoms with Crippen molar-refractivity contribution in [1.82, 2.24) is 5.32 Å². The van der Waals surface area contributed by atoms with Crippen molar-refractivity contribution in [3.63, 3.8) is 0 Å². The second-order valence-electron chi connectivity index (χ2n) is 5.30. The van der Waals surface area contributed by atoms with Crippen LogP contribution in [0.25, 0.3) is 0 Å². The Morgan fingerprint density at radius 1 is 1.40 bits per heavy atom. The van der Waals surface area contributed by atoms with E-state index in [9.17, 15) is 13.5 Å². The SMILES string of the molecule is CC1(CNC2CS(=O)(=O)CC2O)CCC1. The molecule has 5 heteroatoms. The predicted octanol–water partition coefficient (Wildman–Crippen LogP) is -0.0759. The third-order valence-electron chi connectivity index (χ3n) is 3.67. The highest BCUT2D eigenvalue weighted by atomic mass is 32.2. The van der Waals surface area contributed by atoms with E-state index in [-0.39, 0.29) is 17.5 Å². The molecule has 15 heavy (non-hydrogen) atoms. The third kappa shape index (κ3) is 2.52. The van der Waals surface area contributed by atoms with Gasteiger partial charge in [0.1, 0.15) is 0 Å². The molecule has 0 radical (unpaired) electrons. The van der Waals surface area contributed by atoms with Gasteiger partial charge in [0, 0.05) is 12.6 Å². The van der Waals surface area contributed by atoms with Crippen LogP contribution in [0.1, 0.15) is 26.2 Å². The van der Waals surface area contributed by atoms with E-state index < -0.39 is 15.9 Å². The van der Waals surface area contributed by atoms with E-state index in [1.807, 2.05) is 0 Å². The molecule has 0 bridgehead atoms. The van der Waals surface area contributed by atoms with Gasteiger partial charge in [-0.25, -0.2) is 8.42 Å². The van der Waals surface area contributed by atoms with Crippen molar-refractivity contribution in [1.29, 1.82) is 0 Å². The molecule has 2 unspecified atom stereocenters. The summed E-state index contributed by atoms with van der Waals surface area (Å²) in [4.78, 5) is 0. The molecule has 0 aromatic carbocycles. The molecule has 0 aromatic heterocycles. The van der Waals surface area contributed by atoms with E-state index in [4.69, 9.17) is 0 Å². The van der Waals surface area contributed by atoms with E-state index in [1.165, 1.54) is 19.3 Å². The molecule has 88 valence electrons. The first-order chi connectivity index (χ1) is 6.90. The summed E-state index contributed by atoms with van der Waals surface area (Å²) in [5.74, 6) is 0.00558. The molecule has 1 saturated carbocycles. The van der Waals surface area contributed by atoms with Crippen molar-refractivity contribution in [2.75, 3.05) is 18.1 Å². The molecule has 2 aliphatic rings. The molecule has 4 nitrogen and oxygen atoms in total. The van der Waals surface area contributed by atoms with Crippen LogP contribution >= 0.6 is 0 Å². The van der Waals surface area contributed by atoms with Crippen molar-refractivity contribution in [2.24, 2.45) is 5.41 Å². The van der Waals surface area contributed by atoms with Crippen LogP contribution in [0, 0.1) is 5.41 Å². The molecule has 0 amide bonds. The Balaban J connectivity index is 1.85. The van der Waals surface area contributed by atoms with Gasteiger partial charge in [-0.05, 0) is 18.3 Å². The molecule has 1 saturated heterocycles. The van der Waals surface area contributed by atoms with E-state index in [0.29, 0.717) is 5.41 Å². The van der Waals surface area contributed by atoms with E-state index in [2.05, 4.69) is 12.2 Å². The number of nitrogens with one attached hydrogen (secondary N) is 1. The molecule has 2 atom stereocenters. The molecule has 0 aromatic rings. The Hall–Kier alpha value is -0.130. The van der Waals surface area contributed by atoms with Crippen LogP contribution in [-0.2, 0) is 9.84 Å². The highest BCUT2D eigenvalue weighted by Crippen LogP contribution is 2.39. The first-order valence-electron chi connectivity index (χ1n) is 5.52. The average Bonchev–Trinajstić information content (AvgIpc) is 2.33. The second kappa shape index (κ2) is 3.71. The van der Waals surface area contributed by atoms with Gasteiger partial charge in [0.25, 0.3) is 0 Å². The van der Waals surface area contributed by atoms with Crippen molar-refractivity contribution in [3.05, 3.63) is 0 Å². The number of rotatable bonds is 3. The lowest BCUT2D eigenvalue weighted by Gasteiger charge is -2.39. The molecular formula is C10H19NO3S. The summed E-state index contributed by atoms with van der Waals surface area (Å²) < 4.78 is 22.5. The first-order valence-corrected chi connectivity index (χ1v) is 7.34. The van der Waals surface area contributed by atoms with Crippen LogP contribution in [0.2, 0.25) is 0 Å². The molecule has 2 fully saturated rings. The minimum atomic E-state index is -3.01. The van der Waals surface area contributed by atoms with Gasteiger partial charge >= 0.3 is 0 Å². The zero-order valence-corrected chi connectivity index (χ0v) is 9.89. The molecule has 0 spiro atoms. The number of hydrogen-bond donors (Lipinski definition) is 2. The standard InChI is InChI=1S/C10H19NO3S/c1-10(3-2-4-10)7-11-8-5-15(13,14)6-9(8)12/h8-9,11-12H,2-7H2,1H3. The minimum Gasteiger partial charge on any atom is -0.390 e. The smallest absolute Gasteiger partial charge is 0.154 e. The summed E-state index contributed by atoms with van der Waals surface area (Å²) in [6.45, 7) is 3.03. The normalized spacial score (nSPS) is 37.5. The van der Waals surface area contributed by atoms with E-state index in [1.54, 1.807) is 0 Å². The molecular weight excluding hydrogens is 214 g/mol. The number of hydrogen-bond acceptors (Lipinski definition) is 4. The predicted molar refractivity (Wildman–Crippen MR) is 58.4 cm³/mol. The van der Waals surface area contributed by atoms with E-state index >= 15 is 0 Å². The second-order valence-corrected chi connectivity index (χ2v) is 7.45. The molecule has 2 rings (SSSR count). The molecule has 1 aliphatic heterocycles. The van der Waals surface area contributed by atoms with Gasteiger partial charge in [0.2, 0.25) is 0 Å². The Kier molecular flexibility index (Phi) is 2.81. The van der Waals surface area contributed by atoms with Crippen molar-refractivity contribution < 1.29 is 13.5 Å². The van der Waals surface area contributed by atoms with Gasteiger partial charge in [-0.2, -0.15) is 0 Å². The third-order valence-corrected chi connectivity index (χ3v) is 5.39. The first kappa shape index (κ1) is 11.4. The Bertz CT molecular complexity index is 335. The van der Waals surface area contributed by atoms with Crippen LogP contribution < -0.4 is 5.32 Å². The van der Waals surface area contributed by atoms with Gasteiger partial charge in [-0.3, -0.25) is 0 Å². The minimum absolute atomic E-state index is 0.0820. The average molecular weight is 233 g/mol. The van der Waals surface area contributed by atoms with Crippen LogP contribution in [0.15, 0.2) is 0 Å². The lowest BCUT2D eigenvalue weighted by molar-refractivity contribution is 0.122. The van der Waals surface area contributed by atoms with Crippen molar-refractivity contribution in [2.45, 2.75) is 38.3 Å². The maximum atomic E-state index is 11.3. The van der Waals surface area contributed by atoms with Gasteiger partial charge in [-0.15, -0.1) is 0 Å². The van der Waals surface area contributed by atoms with E-state index in [0.717, 1.165) is 6.54 Å². The molecule has 2 N–H and O–H groups in total. The quantitative estimate of drug-likeness (QED) is 0.716.